The summed E-state index contributed by atoms with van der Waals surface area (Å²) in [4.78, 5) is 12.3. The molecule has 0 bridgehead atoms. The van der Waals surface area contributed by atoms with E-state index in [1.165, 1.54) is 0 Å². The number of carbonyl (C=O) groups excluding carboxylic acids is 1. The summed E-state index contributed by atoms with van der Waals surface area (Å²) in [5.74, 6) is -2.61. The van der Waals surface area contributed by atoms with Crippen LogP contribution in [0.5, 0.6) is 0 Å². The SMILES string of the molecule is CN(CCC(F)(F)F)C(=O)c1ccc(F)c(C(F)(F)F)c1. The molecule has 2 nitrogen and oxygen atoms in total. The third-order valence-electron chi connectivity index (χ3n) is 2.60. The van der Waals surface area contributed by atoms with Crippen LogP contribution in [-0.2, 0) is 6.18 Å². The number of nitrogens with zero attached hydrogens (tertiary/aromatic N) is 1. The molecule has 9 heteroatoms. The zero-order valence-corrected chi connectivity index (χ0v) is 10.6. The molecule has 0 aliphatic rings. The lowest BCUT2D eigenvalue weighted by Crippen LogP contribution is -2.30. The average Bonchev–Trinajstić information content (AvgIpc) is 2.33. The van der Waals surface area contributed by atoms with Crippen molar-refractivity contribution < 1.29 is 35.5 Å². The molecule has 1 amide bonds. The topological polar surface area (TPSA) is 20.3 Å². The predicted octanol–water partition coefficient (Wildman–Crippen LogP) is 3.87. The molecule has 0 fully saturated rings. The molecule has 21 heavy (non-hydrogen) atoms. The van der Waals surface area contributed by atoms with Gasteiger partial charge in [-0.05, 0) is 18.2 Å². The minimum absolute atomic E-state index is 0.280. The molecule has 0 aliphatic carbocycles. The molecule has 0 saturated carbocycles. The monoisotopic (exact) mass is 317 g/mol. The van der Waals surface area contributed by atoms with Gasteiger partial charge in [0.05, 0.1) is 12.0 Å². The number of amides is 1. The Morgan fingerprint density at radius 3 is 2.19 bits per heavy atom. The molecule has 0 N–H and O–H groups in total. The van der Waals surface area contributed by atoms with Gasteiger partial charge in [0.2, 0.25) is 0 Å². The van der Waals surface area contributed by atoms with E-state index in [0.29, 0.717) is 11.0 Å². The smallest absolute Gasteiger partial charge is 0.341 e. The Kier molecular flexibility index (Phi) is 4.85. The van der Waals surface area contributed by atoms with Crippen LogP contribution >= 0.6 is 0 Å². The zero-order chi connectivity index (χ0) is 16.4. The fourth-order valence-electron chi connectivity index (χ4n) is 1.49. The summed E-state index contributed by atoms with van der Waals surface area (Å²) in [5.41, 5.74) is -2.18. The van der Waals surface area contributed by atoms with E-state index in [9.17, 15) is 35.5 Å². The second-order valence-electron chi connectivity index (χ2n) is 4.28. The lowest BCUT2D eigenvalue weighted by atomic mass is 10.1. The number of rotatable bonds is 3. The number of halogens is 7. The summed E-state index contributed by atoms with van der Waals surface area (Å²) >= 11 is 0. The van der Waals surface area contributed by atoms with Crippen molar-refractivity contribution in [2.75, 3.05) is 13.6 Å². The van der Waals surface area contributed by atoms with Crippen LogP contribution in [0.1, 0.15) is 22.3 Å². The van der Waals surface area contributed by atoms with Crippen molar-refractivity contribution in [1.82, 2.24) is 4.90 Å². The Morgan fingerprint density at radius 1 is 1.14 bits per heavy atom. The molecule has 1 aromatic rings. The molecular weight excluding hydrogens is 307 g/mol. The van der Waals surface area contributed by atoms with Gasteiger partial charge in [-0.25, -0.2) is 4.39 Å². The van der Waals surface area contributed by atoms with E-state index in [1.54, 1.807) is 0 Å². The molecular formula is C12H10F7NO. The van der Waals surface area contributed by atoms with E-state index in [4.69, 9.17) is 0 Å². The average molecular weight is 317 g/mol. The van der Waals surface area contributed by atoms with E-state index in [-0.39, 0.29) is 6.07 Å². The first-order valence-electron chi connectivity index (χ1n) is 5.61. The molecule has 0 aromatic heterocycles. The van der Waals surface area contributed by atoms with Crippen molar-refractivity contribution in [2.45, 2.75) is 18.8 Å². The van der Waals surface area contributed by atoms with Gasteiger partial charge in [-0.15, -0.1) is 0 Å². The molecule has 0 saturated heterocycles. The third kappa shape index (κ3) is 4.91. The molecule has 0 radical (unpaired) electrons. The maximum atomic E-state index is 13.0. The van der Waals surface area contributed by atoms with Gasteiger partial charge in [-0.2, -0.15) is 26.3 Å². The van der Waals surface area contributed by atoms with Crippen molar-refractivity contribution in [3.8, 4) is 0 Å². The predicted molar refractivity (Wildman–Crippen MR) is 59.0 cm³/mol. The second-order valence-corrected chi connectivity index (χ2v) is 4.28. The van der Waals surface area contributed by atoms with Gasteiger partial charge in [0.25, 0.3) is 5.91 Å². The Bertz CT molecular complexity index is 521. The van der Waals surface area contributed by atoms with Crippen molar-refractivity contribution in [2.24, 2.45) is 0 Å². The summed E-state index contributed by atoms with van der Waals surface area (Å²) in [6.45, 7) is -0.707. The van der Waals surface area contributed by atoms with Crippen LogP contribution < -0.4 is 0 Å². The van der Waals surface area contributed by atoms with Crippen LogP contribution in [0.15, 0.2) is 18.2 Å². The van der Waals surface area contributed by atoms with Gasteiger partial charge in [0.1, 0.15) is 5.82 Å². The molecule has 0 spiro atoms. The van der Waals surface area contributed by atoms with Gasteiger partial charge in [0.15, 0.2) is 0 Å². The Morgan fingerprint density at radius 2 is 1.71 bits per heavy atom. The summed E-state index contributed by atoms with van der Waals surface area (Å²) in [7, 11) is 1.02. The summed E-state index contributed by atoms with van der Waals surface area (Å²) in [6, 6.07) is 1.52. The first kappa shape index (κ1) is 17.3. The van der Waals surface area contributed by atoms with Crippen molar-refractivity contribution in [3.05, 3.63) is 35.1 Å². The Hall–Kier alpha value is -1.80. The molecule has 0 aliphatic heterocycles. The van der Waals surface area contributed by atoms with Crippen LogP contribution in [0.2, 0.25) is 0 Å². The van der Waals surface area contributed by atoms with E-state index < -0.39 is 48.2 Å². The summed E-state index contributed by atoms with van der Waals surface area (Å²) in [6.07, 6.45) is -10.8. The molecule has 118 valence electrons. The second kappa shape index (κ2) is 5.90. The van der Waals surface area contributed by atoms with Crippen molar-refractivity contribution in [3.63, 3.8) is 0 Å². The van der Waals surface area contributed by atoms with E-state index in [0.717, 1.165) is 13.1 Å². The highest BCUT2D eigenvalue weighted by Gasteiger charge is 2.35. The maximum Gasteiger partial charge on any atom is 0.419 e. The maximum absolute atomic E-state index is 13.0. The lowest BCUT2D eigenvalue weighted by molar-refractivity contribution is -0.140. The first-order valence-corrected chi connectivity index (χ1v) is 5.61. The zero-order valence-electron chi connectivity index (χ0n) is 10.6. The molecule has 1 rings (SSSR count). The van der Waals surface area contributed by atoms with Crippen molar-refractivity contribution in [1.29, 1.82) is 0 Å². The van der Waals surface area contributed by atoms with Gasteiger partial charge < -0.3 is 4.90 Å². The number of carbonyl (C=O) groups is 1. The minimum atomic E-state index is -5.00. The van der Waals surface area contributed by atoms with Gasteiger partial charge in [-0.3, -0.25) is 4.79 Å². The number of benzene rings is 1. The Labute approximate surface area is 115 Å². The standard InChI is InChI=1S/C12H10F7NO/c1-20(5-4-11(14,15)16)10(21)7-2-3-9(13)8(6-7)12(17,18)19/h2-3,6H,4-5H2,1H3. The normalized spacial score (nSPS) is 12.4. The van der Waals surface area contributed by atoms with Gasteiger partial charge in [0, 0.05) is 19.2 Å². The van der Waals surface area contributed by atoms with Crippen LogP contribution in [0.4, 0.5) is 30.7 Å². The number of hydrogen-bond donors (Lipinski definition) is 0. The molecule has 0 atom stereocenters. The largest absolute Gasteiger partial charge is 0.419 e. The highest BCUT2D eigenvalue weighted by atomic mass is 19.4. The quantitative estimate of drug-likeness (QED) is 0.775. The fraction of sp³-hybridized carbons (Fsp3) is 0.417. The number of hydrogen-bond acceptors (Lipinski definition) is 1. The van der Waals surface area contributed by atoms with E-state index >= 15 is 0 Å². The molecule has 1 aromatic carbocycles. The van der Waals surface area contributed by atoms with E-state index in [2.05, 4.69) is 0 Å². The fourth-order valence-corrected chi connectivity index (χ4v) is 1.49. The summed E-state index contributed by atoms with van der Waals surface area (Å²) in [5, 5.41) is 0. The van der Waals surface area contributed by atoms with Crippen LogP contribution in [0, 0.1) is 5.82 Å². The summed E-state index contributed by atoms with van der Waals surface area (Å²) < 4.78 is 86.5. The van der Waals surface area contributed by atoms with Crippen molar-refractivity contribution >= 4 is 5.91 Å². The minimum Gasteiger partial charge on any atom is -0.341 e. The Balaban J connectivity index is 2.93. The number of alkyl halides is 6. The van der Waals surface area contributed by atoms with Crippen LogP contribution in [0.25, 0.3) is 0 Å². The first-order chi connectivity index (χ1) is 9.42. The van der Waals surface area contributed by atoms with E-state index in [1.807, 2.05) is 0 Å². The molecule has 0 heterocycles. The van der Waals surface area contributed by atoms with Crippen LogP contribution in [-0.4, -0.2) is 30.6 Å². The van der Waals surface area contributed by atoms with Crippen LogP contribution in [0.3, 0.4) is 0 Å². The van der Waals surface area contributed by atoms with Gasteiger partial charge in [-0.1, -0.05) is 0 Å². The highest BCUT2D eigenvalue weighted by molar-refractivity contribution is 5.94. The lowest BCUT2D eigenvalue weighted by Gasteiger charge is -2.19. The molecule has 0 unspecified atom stereocenters. The van der Waals surface area contributed by atoms with Gasteiger partial charge >= 0.3 is 12.4 Å². The highest BCUT2D eigenvalue weighted by Crippen LogP contribution is 2.32. The third-order valence-corrected chi connectivity index (χ3v) is 2.60.